The predicted molar refractivity (Wildman–Crippen MR) is 151 cm³/mol. The van der Waals surface area contributed by atoms with Gasteiger partial charge in [0, 0.05) is 17.2 Å². The summed E-state index contributed by atoms with van der Waals surface area (Å²) in [4.78, 5) is 13.6. The van der Waals surface area contributed by atoms with E-state index in [0.29, 0.717) is 16.6 Å². The van der Waals surface area contributed by atoms with E-state index >= 15 is 0 Å². The second-order valence-corrected chi connectivity index (χ2v) is 18.0. The van der Waals surface area contributed by atoms with Gasteiger partial charge in [-0.2, -0.15) is 4.79 Å². The normalized spacial score (nSPS) is 18.6. The van der Waals surface area contributed by atoms with E-state index in [9.17, 15) is 4.79 Å². The van der Waals surface area contributed by atoms with E-state index in [0.717, 1.165) is 25.0 Å². The predicted octanol–water partition coefficient (Wildman–Crippen LogP) is 4.39. The standard InChI is InChI=1S/C31H48NO3Si.ClH/c1-22(2)36(23(3)4,24(5)6)29-21-32(20-19-28(29)34-9)30(33)35-27-18-14-13-17-26(27)31(7,8)25-15-11-10-12-16-25;/h10-12,15-16,19-24,26-27H,13-14,17-18H2,1-9H3;1H/q+1;/p-1/t26-,27-;/m1./s1. The topological polar surface area (TPSA) is 39.4 Å². The molecule has 37 heavy (non-hydrogen) atoms. The van der Waals surface area contributed by atoms with Crippen molar-refractivity contribution in [1.82, 2.24) is 0 Å². The number of carbonyl (C=O) groups is 1. The zero-order chi connectivity index (χ0) is 26.7. The van der Waals surface area contributed by atoms with Crippen LogP contribution >= 0.6 is 0 Å². The minimum absolute atomic E-state index is 0. The number of carbonyl (C=O) groups excluding carboxylic acids is 1. The Morgan fingerprint density at radius 3 is 2.05 bits per heavy atom. The third kappa shape index (κ3) is 6.09. The molecule has 6 heteroatoms. The molecule has 0 N–H and O–H groups in total. The van der Waals surface area contributed by atoms with Crippen molar-refractivity contribution in [3.8, 4) is 5.75 Å². The smallest absolute Gasteiger partial charge is 0.602 e. The Balaban J connectivity index is 0.00000481. The Kier molecular flexibility index (Phi) is 10.8. The van der Waals surface area contributed by atoms with Gasteiger partial charge in [-0.15, -0.1) is 0 Å². The maximum Gasteiger partial charge on any atom is 0.602 e. The Bertz CT molecular complexity index is 1000. The molecule has 0 saturated heterocycles. The van der Waals surface area contributed by atoms with Crippen LogP contribution in [0.4, 0.5) is 4.79 Å². The van der Waals surface area contributed by atoms with Gasteiger partial charge in [-0.05, 0) is 46.9 Å². The summed E-state index contributed by atoms with van der Waals surface area (Å²) in [6, 6.07) is 12.6. The highest BCUT2D eigenvalue weighted by atomic mass is 35.5. The SMILES string of the molecule is COc1cc[n+](C(=O)O[C@@H]2CCCC[C@H]2C(C)(C)c2ccccc2)cc1[Si](C(C)C)(C(C)C)C(C)C.[Cl-]. The molecule has 206 valence electrons. The van der Waals surface area contributed by atoms with E-state index in [4.69, 9.17) is 9.47 Å². The minimum atomic E-state index is -2.04. The number of halogens is 1. The van der Waals surface area contributed by atoms with Gasteiger partial charge in [0.2, 0.25) is 0 Å². The van der Waals surface area contributed by atoms with Crippen molar-refractivity contribution in [2.75, 3.05) is 7.11 Å². The van der Waals surface area contributed by atoms with Gasteiger partial charge < -0.3 is 21.9 Å². The number of hydrogen-bond donors (Lipinski definition) is 0. The molecule has 1 aliphatic rings. The summed E-state index contributed by atoms with van der Waals surface area (Å²) >= 11 is 0. The molecular formula is C31H48ClNO3Si. The van der Waals surface area contributed by atoms with Crippen LogP contribution in [0.2, 0.25) is 16.6 Å². The van der Waals surface area contributed by atoms with Crippen LogP contribution in [0.15, 0.2) is 48.8 Å². The Hall–Kier alpha value is -1.85. The maximum absolute atomic E-state index is 13.6. The van der Waals surface area contributed by atoms with E-state index in [1.54, 1.807) is 11.7 Å². The number of rotatable bonds is 8. The van der Waals surface area contributed by atoms with E-state index in [1.165, 1.54) is 17.2 Å². The molecule has 4 nitrogen and oxygen atoms in total. The van der Waals surface area contributed by atoms with Crippen LogP contribution in [-0.2, 0) is 10.2 Å². The maximum atomic E-state index is 13.6. The third-order valence-corrected chi connectivity index (χ3v) is 16.1. The molecule has 3 rings (SSSR count). The highest BCUT2D eigenvalue weighted by molar-refractivity contribution is 6.95. The molecule has 1 aromatic carbocycles. The molecule has 0 spiro atoms. The molecule has 0 unspecified atom stereocenters. The van der Waals surface area contributed by atoms with Crippen molar-refractivity contribution >= 4 is 19.4 Å². The molecule has 1 saturated carbocycles. The number of aromatic nitrogens is 1. The van der Waals surface area contributed by atoms with Crippen LogP contribution in [0, 0.1) is 5.92 Å². The summed E-state index contributed by atoms with van der Waals surface area (Å²) in [5, 5.41) is 1.22. The fourth-order valence-electron chi connectivity index (χ4n) is 7.37. The van der Waals surface area contributed by atoms with Crippen molar-refractivity contribution < 1.29 is 31.2 Å². The van der Waals surface area contributed by atoms with Crippen molar-refractivity contribution in [3.05, 3.63) is 54.4 Å². The van der Waals surface area contributed by atoms with Gasteiger partial charge in [-0.25, -0.2) is 0 Å². The van der Waals surface area contributed by atoms with E-state index < -0.39 is 8.07 Å². The van der Waals surface area contributed by atoms with Gasteiger partial charge in [-0.3, -0.25) is 0 Å². The van der Waals surface area contributed by atoms with Crippen LogP contribution in [0.1, 0.15) is 86.6 Å². The van der Waals surface area contributed by atoms with Crippen LogP contribution in [-0.4, -0.2) is 27.4 Å². The quantitative estimate of drug-likeness (QED) is 0.365. The molecular weight excluding hydrogens is 498 g/mol. The molecule has 0 aliphatic heterocycles. The summed E-state index contributed by atoms with van der Waals surface area (Å²) in [6.07, 6.45) is 7.74. The van der Waals surface area contributed by atoms with E-state index in [-0.39, 0.29) is 35.9 Å². The first-order valence-electron chi connectivity index (χ1n) is 13.8. The number of methoxy groups -OCH3 is 1. The first-order chi connectivity index (χ1) is 17.0. The summed E-state index contributed by atoms with van der Waals surface area (Å²) in [7, 11) is -0.304. The van der Waals surface area contributed by atoms with Crippen LogP contribution in [0.3, 0.4) is 0 Å². The summed E-state index contributed by atoms with van der Waals surface area (Å²) < 4.78 is 13.9. The summed E-state index contributed by atoms with van der Waals surface area (Å²) in [5.41, 5.74) is 2.75. The monoisotopic (exact) mass is 545 g/mol. The molecule has 0 amide bonds. The Labute approximate surface area is 232 Å². The van der Waals surface area contributed by atoms with Gasteiger partial charge >= 0.3 is 6.09 Å². The summed E-state index contributed by atoms with van der Waals surface area (Å²) in [5.74, 6) is 1.17. The molecule has 0 radical (unpaired) electrons. The van der Waals surface area contributed by atoms with E-state index in [2.05, 4.69) is 85.7 Å². The van der Waals surface area contributed by atoms with Crippen LogP contribution in [0.5, 0.6) is 5.75 Å². The van der Waals surface area contributed by atoms with Crippen LogP contribution in [0.25, 0.3) is 0 Å². The van der Waals surface area contributed by atoms with Crippen molar-refractivity contribution in [1.29, 1.82) is 0 Å². The molecule has 2 atom stereocenters. The minimum Gasteiger partial charge on any atom is -1.00 e. The van der Waals surface area contributed by atoms with Gasteiger partial charge in [0.05, 0.1) is 7.11 Å². The lowest BCUT2D eigenvalue weighted by molar-refractivity contribution is -0.587. The molecule has 1 heterocycles. The number of benzene rings is 1. The van der Waals surface area contributed by atoms with Gasteiger partial charge in [-0.1, -0.05) is 96.7 Å². The highest BCUT2D eigenvalue weighted by Gasteiger charge is 2.48. The third-order valence-electron chi connectivity index (χ3n) is 9.08. The molecule has 1 aliphatic carbocycles. The number of nitrogens with zero attached hydrogens (tertiary/aromatic N) is 1. The number of pyridine rings is 1. The number of hydrogen-bond acceptors (Lipinski definition) is 3. The zero-order valence-corrected chi connectivity index (χ0v) is 26.1. The van der Waals surface area contributed by atoms with Crippen molar-refractivity contribution in [2.45, 2.75) is 109 Å². The Morgan fingerprint density at radius 1 is 0.946 bits per heavy atom. The van der Waals surface area contributed by atoms with Crippen molar-refractivity contribution in [2.24, 2.45) is 5.92 Å². The molecule has 2 aromatic rings. The average Bonchev–Trinajstić information content (AvgIpc) is 2.84. The van der Waals surface area contributed by atoms with Gasteiger partial charge in [0.15, 0.2) is 12.4 Å². The first kappa shape index (κ1) is 31.4. The average molecular weight is 546 g/mol. The second kappa shape index (κ2) is 12.8. The van der Waals surface area contributed by atoms with Crippen LogP contribution < -0.4 is 26.9 Å². The lowest BCUT2D eigenvalue weighted by Gasteiger charge is -2.43. The van der Waals surface area contributed by atoms with Gasteiger partial charge in [0.25, 0.3) is 0 Å². The van der Waals surface area contributed by atoms with Crippen molar-refractivity contribution in [3.63, 3.8) is 0 Å². The highest BCUT2D eigenvalue weighted by Crippen LogP contribution is 2.43. The number of ether oxygens (including phenoxy) is 2. The lowest BCUT2D eigenvalue weighted by Crippen LogP contribution is -3.00. The fourth-order valence-corrected chi connectivity index (χ4v) is 14.2. The van der Waals surface area contributed by atoms with Gasteiger partial charge in [0.1, 0.15) is 19.9 Å². The first-order valence-corrected chi connectivity index (χ1v) is 16.1. The summed E-state index contributed by atoms with van der Waals surface area (Å²) in [6.45, 7) is 18.6. The molecule has 1 aromatic heterocycles. The second-order valence-electron chi connectivity index (χ2n) is 12.1. The van der Waals surface area contributed by atoms with E-state index in [1.807, 2.05) is 18.5 Å². The molecule has 1 fully saturated rings. The molecule has 0 bridgehead atoms. The largest absolute Gasteiger partial charge is 1.00 e. The Morgan fingerprint density at radius 2 is 1.51 bits per heavy atom. The zero-order valence-electron chi connectivity index (χ0n) is 24.4. The fraction of sp³-hybridized carbons (Fsp3) is 0.613. The lowest BCUT2D eigenvalue weighted by atomic mass is 9.66.